The van der Waals surface area contributed by atoms with Gasteiger partial charge in [0.15, 0.2) is 5.75 Å². The molecule has 0 atom stereocenters. The van der Waals surface area contributed by atoms with Crippen LogP contribution in [0.5, 0.6) is 5.75 Å². The van der Waals surface area contributed by atoms with Crippen molar-refractivity contribution in [3.8, 4) is 16.9 Å². The fourth-order valence-corrected chi connectivity index (χ4v) is 1.76. The number of nitro groups is 1. The van der Waals surface area contributed by atoms with E-state index >= 15 is 0 Å². The van der Waals surface area contributed by atoms with Crippen LogP contribution in [0.4, 0.5) is 10.1 Å². The lowest BCUT2D eigenvalue weighted by atomic mass is 9.99. The van der Waals surface area contributed by atoms with Gasteiger partial charge in [-0.15, -0.1) is 0 Å². The van der Waals surface area contributed by atoms with E-state index in [0.717, 1.165) is 0 Å². The second kappa shape index (κ2) is 4.44. The van der Waals surface area contributed by atoms with Gasteiger partial charge in [-0.3, -0.25) is 10.1 Å². The van der Waals surface area contributed by atoms with Gasteiger partial charge in [0.2, 0.25) is 0 Å². The lowest BCUT2D eigenvalue weighted by Crippen LogP contribution is -1.91. The maximum atomic E-state index is 13.4. The molecule has 2 rings (SSSR count). The molecule has 0 amide bonds. The number of benzene rings is 2. The van der Waals surface area contributed by atoms with Crippen LogP contribution in [0, 0.1) is 22.9 Å². The van der Waals surface area contributed by atoms with Gasteiger partial charge in [0.25, 0.3) is 0 Å². The third-order valence-corrected chi connectivity index (χ3v) is 2.75. The highest BCUT2D eigenvalue weighted by Gasteiger charge is 2.15. The number of phenolic OH excluding ortho intramolecular Hbond substituents is 1. The molecule has 2 aromatic rings. The van der Waals surface area contributed by atoms with Crippen molar-refractivity contribution in [2.75, 3.05) is 0 Å². The van der Waals surface area contributed by atoms with Crippen LogP contribution >= 0.6 is 0 Å². The normalized spacial score (nSPS) is 10.3. The molecule has 18 heavy (non-hydrogen) atoms. The Morgan fingerprint density at radius 1 is 1.28 bits per heavy atom. The van der Waals surface area contributed by atoms with E-state index in [0.29, 0.717) is 16.7 Å². The van der Waals surface area contributed by atoms with Gasteiger partial charge in [-0.05, 0) is 35.7 Å². The van der Waals surface area contributed by atoms with E-state index in [1.807, 2.05) is 0 Å². The standard InChI is InChI=1S/C13H10FNO3/c1-8-10(3-2-4-11(8)14)9-5-6-13(16)12(7-9)15(17)18/h2-7,16H,1H3. The molecule has 0 fully saturated rings. The largest absolute Gasteiger partial charge is 0.502 e. The number of rotatable bonds is 2. The van der Waals surface area contributed by atoms with Crippen LogP contribution in [0.2, 0.25) is 0 Å². The lowest BCUT2D eigenvalue weighted by molar-refractivity contribution is -0.385. The fraction of sp³-hybridized carbons (Fsp3) is 0.0769. The third kappa shape index (κ3) is 2.02. The molecule has 0 spiro atoms. The molecule has 0 heterocycles. The number of hydrogen-bond donors (Lipinski definition) is 1. The van der Waals surface area contributed by atoms with Gasteiger partial charge in [0.1, 0.15) is 5.82 Å². The highest BCUT2D eigenvalue weighted by Crippen LogP contribution is 2.33. The minimum absolute atomic E-state index is 0.372. The van der Waals surface area contributed by atoms with Gasteiger partial charge < -0.3 is 5.11 Å². The summed E-state index contributed by atoms with van der Waals surface area (Å²) in [6.07, 6.45) is 0. The van der Waals surface area contributed by atoms with Crippen LogP contribution in [-0.4, -0.2) is 10.0 Å². The molecule has 0 unspecified atom stereocenters. The SMILES string of the molecule is Cc1c(F)cccc1-c1ccc(O)c([N+](=O)[O-])c1. The summed E-state index contributed by atoms with van der Waals surface area (Å²) in [4.78, 5) is 10.1. The predicted molar refractivity (Wildman–Crippen MR) is 64.9 cm³/mol. The molecular weight excluding hydrogens is 237 g/mol. The zero-order valence-electron chi connectivity index (χ0n) is 9.55. The average Bonchev–Trinajstić information content (AvgIpc) is 2.33. The molecular formula is C13H10FNO3. The van der Waals surface area contributed by atoms with E-state index in [2.05, 4.69) is 0 Å². The molecule has 0 aliphatic carbocycles. The average molecular weight is 247 g/mol. The van der Waals surface area contributed by atoms with Gasteiger partial charge in [-0.2, -0.15) is 0 Å². The Morgan fingerprint density at radius 3 is 2.67 bits per heavy atom. The smallest absolute Gasteiger partial charge is 0.311 e. The number of halogens is 1. The molecule has 5 heteroatoms. The first kappa shape index (κ1) is 12.0. The Bertz CT molecular complexity index is 626. The first-order chi connectivity index (χ1) is 8.50. The summed E-state index contributed by atoms with van der Waals surface area (Å²) < 4.78 is 13.4. The van der Waals surface area contributed by atoms with Gasteiger partial charge in [-0.25, -0.2) is 4.39 Å². The van der Waals surface area contributed by atoms with Crippen LogP contribution in [0.25, 0.3) is 11.1 Å². The van der Waals surface area contributed by atoms with E-state index in [1.54, 1.807) is 13.0 Å². The van der Waals surface area contributed by atoms with Crippen molar-refractivity contribution in [2.45, 2.75) is 6.92 Å². The maximum Gasteiger partial charge on any atom is 0.311 e. The molecule has 0 aromatic heterocycles. The Labute approximate surface area is 102 Å². The highest BCUT2D eigenvalue weighted by molar-refractivity contribution is 5.71. The van der Waals surface area contributed by atoms with E-state index in [1.165, 1.54) is 30.3 Å². The van der Waals surface area contributed by atoms with Gasteiger partial charge in [0.05, 0.1) is 4.92 Å². The van der Waals surface area contributed by atoms with Crippen LogP contribution < -0.4 is 0 Å². The van der Waals surface area contributed by atoms with Crippen molar-refractivity contribution in [1.82, 2.24) is 0 Å². The van der Waals surface area contributed by atoms with E-state index in [9.17, 15) is 19.6 Å². The van der Waals surface area contributed by atoms with Crippen molar-refractivity contribution < 1.29 is 14.4 Å². The number of aromatic hydroxyl groups is 1. The zero-order valence-corrected chi connectivity index (χ0v) is 9.55. The Morgan fingerprint density at radius 2 is 2.00 bits per heavy atom. The molecule has 0 bridgehead atoms. The summed E-state index contributed by atoms with van der Waals surface area (Å²) in [6.45, 7) is 1.60. The van der Waals surface area contributed by atoms with E-state index < -0.39 is 16.4 Å². The molecule has 1 N–H and O–H groups in total. The quantitative estimate of drug-likeness (QED) is 0.653. The van der Waals surface area contributed by atoms with Crippen LogP contribution in [0.1, 0.15) is 5.56 Å². The summed E-state index contributed by atoms with van der Waals surface area (Å²) in [5.74, 6) is -0.777. The molecule has 0 aliphatic rings. The number of nitro benzene ring substituents is 1. The second-order valence-corrected chi connectivity index (χ2v) is 3.87. The molecule has 4 nitrogen and oxygen atoms in total. The highest BCUT2D eigenvalue weighted by atomic mass is 19.1. The monoisotopic (exact) mass is 247 g/mol. The third-order valence-electron chi connectivity index (χ3n) is 2.75. The number of phenols is 1. The first-order valence-corrected chi connectivity index (χ1v) is 5.23. The van der Waals surface area contributed by atoms with Crippen molar-refractivity contribution >= 4 is 5.69 Å². The Balaban J connectivity index is 2.62. The summed E-state index contributed by atoms with van der Waals surface area (Å²) in [5, 5.41) is 20.1. The van der Waals surface area contributed by atoms with Crippen LogP contribution in [-0.2, 0) is 0 Å². The van der Waals surface area contributed by atoms with Crippen LogP contribution in [0.15, 0.2) is 36.4 Å². The predicted octanol–water partition coefficient (Wildman–Crippen LogP) is 3.41. The summed E-state index contributed by atoms with van der Waals surface area (Å²) >= 11 is 0. The molecule has 2 aromatic carbocycles. The molecule has 0 saturated heterocycles. The fourth-order valence-electron chi connectivity index (χ4n) is 1.76. The molecule has 0 aliphatic heterocycles. The van der Waals surface area contributed by atoms with Crippen molar-refractivity contribution in [1.29, 1.82) is 0 Å². The van der Waals surface area contributed by atoms with Crippen LogP contribution in [0.3, 0.4) is 0 Å². The van der Waals surface area contributed by atoms with Gasteiger partial charge >= 0.3 is 5.69 Å². The summed E-state index contributed by atoms with van der Waals surface area (Å²) in [5.41, 5.74) is 1.09. The topological polar surface area (TPSA) is 63.4 Å². The number of nitrogens with zero attached hydrogens (tertiary/aromatic N) is 1. The minimum Gasteiger partial charge on any atom is -0.502 e. The maximum absolute atomic E-state index is 13.4. The van der Waals surface area contributed by atoms with E-state index in [-0.39, 0.29) is 5.82 Å². The summed E-state index contributed by atoms with van der Waals surface area (Å²) in [7, 11) is 0. The van der Waals surface area contributed by atoms with Gasteiger partial charge in [-0.1, -0.05) is 18.2 Å². The van der Waals surface area contributed by atoms with E-state index in [4.69, 9.17) is 0 Å². The zero-order chi connectivity index (χ0) is 13.3. The summed E-state index contributed by atoms with van der Waals surface area (Å²) in [6, 6.07) is 8.53. The van der Waals surface area contributed by atoms with Crippen molar-refractivity contribution in [2.24, 2.45) is 0 Å². The van der Waals surface area contributed by atoms with Crippen molar-refractivity contribution in [3.63, 3.8) is 0 Å². The minimum atomic E-state index is -0.673. The Kier molecular flexibility index (Phi) is 2.97. The molecule has 92 valence electrons. The van der Waals surface area contributed by atoms with Gasteiger partial charge in [0, 0.05) is 6.07 Å². The lowest BCUT2D eigenvalue weighted by Gasteiger charge is -2.07. The second-order valence-electron chi connectivity index (χ2n) is 3.87. The number of hydrogen-bond acceptors (Lipinski definition) is 3. The first-order valence-electron chi connectivity index (χ1n) is 5.23. The molecule has 0 radical (unpaired) electrons. The van der Waals surface area contributed by atoms with Crippen molar-refractivity contribution in [3.05, 3.63) is 57.9 Å². The Hall–Kier alpha value is -2.43. The molecule has 0 saturated carbocycles.